The van der Waals surface area contributed by atoms with Crippen molar-refractivity contribution in [3.05, 3.63) is 12.2 Å². The molecule has 304 valence electrons. The fraction of sp³-hybridized carbons (Fsp3) is 0.857. The summed E-state index contributed by atoms with van der Waals surface area (Å²) in [5.74, 6) is -0.862. The maximum atomic E-state index is 12.7. The van der Waals surface area contributed by atoms with Gasteiger partial charge in [-0.15, -0.1) is 0 Å². The first-order chi connectivity index (χ1) is 25.0. The first kappa shape index (κ1) is 49.5. The molecule has 0 saturated carbocycles. The van der Waals surface area contributed by atoms with E-state index < -0.39 is 12.2 Å². The third kappa shape index (κ3) is 33.4. The number of carbonyl (C=O) groups excluding carboxylic acids is 4. The number of aliphatic hydroxyl groups is 1. The number of carbonyl (C=O) groups is 4. The van der Waals surface area contributed by atoms with E-state index >= 15 is 0 Å². The zero-order valence-electron chi connectivity index (χ0n) is 34.0. The fourth-order valence-corrected chi connectivity index (χ4v) is 5.86. The van der Waals surface area contributed by atoms with Gasteiger partial charge in [0.25, 0.3) is 0 Å². The molecule has 52 heavy (non-hydrogen) atoms. The largest absolute Gasteiger partial charge is 0.466 e. The van der Waals surface area contributed by atoms with Crippen LogP contribution in [0.25, 0.3) is 0 Å². The molecule has 10 nitrogen and oxygen atoms in total. The molecule has 0 saturated heterocycles. The quantitative estimate of drug-likeness (QED) is 0.0220. The Balaban J connectivity index is 3.90. The second kappa shape index (κ2) is 34.3. The Morgan fingerprint density at radius 3 is 1.65 bits per heavy atom. The maximum Gasteiger partial charge on any atom is 0.362 e. The highest BCUT2D eigenvalue weighted by atomic mass is 16.6. The molecule has 0 aromatic carbocycles. The van der Waals surface area contributed by atoms with Crippen molar-refractivity contribution >= 4 is 23.9 Å². The lowest BCUT2D eigenvalue weighted by atomic mass is 10.0. The second-order valence-corrected chi connectivity index (χ2v) is 15.0. The summed E-state index contributed by atoms with van der Waals surface area (Å²) in [5, 5.41) is 10.8. The molecular weight excluding hydrogens is 662 g/mol. The van der Waals surface area contributed by atoms with E-state index in [0.29, 0.717) is 49.9 Å². The van der Waals surface area contributed by atoms with Crippen LogP contribution >= 0.6 is 0 Å². The molecule has 0 heterocycles. The number of unbranched alkanes of at least 4 members (excludes halogenated alkanes) is 16. The SMILES string of the molecule is CCCCCCCC(=O)OCCCCCCCCOC(=O)CCCCCCCC=CCC(O)C(CCCCC)OC(=O)C[N+](C)(C)CCOC(C)=O. The Kier molecular flexibility index (Phi) is 32.7. The van der Waals surface area contributed by atoms with Crippen molar-refractivity contribution in [3.63, 3.8) is 0 Å². The number of ether oxygens (including phenoxy) is 4. The average molecular weight is 741 g/mol. The molecule has 0 amide bonds. The van der Waals surface area contributed by atoms with Crippen LogP contribution in [0.3, 0.4) is 0 Å². The third-order valence-corrected chi connectivity index (χ3v) is 9.21. The van der Waals surface area contributed by atoms with Gasteiger partial charge in [0.05, 0.1) is 33.4 Å². The van der Waals surface area contributed by atoms with E-state index in [1.54, 1.807) is 0 Å². The summed E-state index contributed by atoms with van der Waals surface area (Å²) in [4.78, 5) is 47.5. The molecule has 2 unspecified atom stereocenters. The van der Waals surface area contributed by atoms with Crippen LogP contribution in [0, 0.1) is 0 Å². The Hall–Kier alpha value is -2.46. The number of likely N-dealkylation sites (N-methyl/N-ethyl adjacent to an activating group) is 1. The van der Waals surface area contributed by atoms with E-state index in [-0.39, 0.29) is 37.0 Å². The summed E-state index contributed by atoms with van der Waals surface area (Å²) >= 11 is 0. The molecule has 0 bridgehead atoms. The summed E-state index contributed by atoms with van der Waals surface area (Å²) < 4.78 is 21.8. The van der Waals surface area contributed by atoms with Crippen LogP contribution < -0.4 is 0 Å². The van der Waals surface area contributed by atoms with Gasteiger partial charge in [0, 0.05) is 19.8 Å². The van der Waals surface area contributed by atoms with Gasteiger partial charge in [-0.05, 0) is 57.8 Å². The number of hydrogen-bond acceptors (Lipinski definition) is 9. The monoisotopic (exact) mass is 741 g/mol. The number of aliphatic hydroxyl groups excluding tert-OH is 1. The van der Waals surface area contributed by atoms with Gasteiger partial charge < -0.3 is 28.5 Å². The summed E-state index contributed by atoms with van der Waals surface area (Å²) in [5.41, 5.74) is 0. The molecular formula is C42H78NO9+. The smallest absolute Gasteiger partial charge is 0.362 e. The topological polar surface area (TPSA) is 125 Å². The van der Waals surface area contributed by atoms with Gasteiger partial charge in [-0.2, -0.15) is 0 Å². The van der Waals surface area contributed by atoms with Crippen molar-refractivity contribution in [2.24, 2.45) is 0 Å². The van der Waals surface area contributed by atoms with Crippen molar-refractivity contribution in [1.29, 1.82) is 0 Å². The van der Waals surface area contributed by atoms with E-state index in [0.717, 1.165) is 109 Å². The van der Waals surface area contributed by atoms with Crippen LogP contribution in [-0.4, -0.2) is 92.7 Å². The lowest BCUT2D eigenvalue weighted by molar-refractivity contribution is -0.883. The van der Waals surface area contributed by atoms with Crippen LogP contribution in [0.4, 0.5) is 0 Å². The van der Waals surface area contributed by atoms with Gasteiger partial charge in [0.15, 0.2) is 6.54 Å². The van der Waals surface area contributed by atoms with E-state index in [1.165, 1.54) is 26.2 Å². The van der Waals surface area contributed by atoms with E-state index in [1.807, 2.05) is 20.2 Å². The predicted molar refractivity (Wildman–Crippen MR) is 208 cm³/mol. The summed E-state index contributed by atoms with van der Waals surface area (Å²) in [7, 11) is 3.77. The first-order valence-corrected chi connectivity index (χ1v) is 20.8. The highest BCUT2D eigenvalue weighted by Crippen LogP contribution is 2.16. The summed E-state index contributed by atoms with van der Waals surface area (Å²) in [6.45, 7) is 7.56. The average Bonchev–Trinajstić information content (AvgIpc) is 3.08. The Morgan fingerprint density at radius 1 is 0.596 bits per heavy atom. The number of allylic oxidation sites excluding steroid dienone is 1. The molecule has 1 N–H and O–H groups in total. The van der Waals surface area contributed by atoms with Crippen molar-refractivity contribution in [3.8, 4) is 0 Å². The highest BCUT2D eigenvalue weighted by Gasteiger charge is 2.27. The molecule has 0 aliphatic rings. The third-order valence-electron chi connectivity index (χ3n) is 9.21. The number of esters is 4. The number of quaternary nitrogens is 1. The van der Waals surface area contributed by atoms with Gasteiger partial charge in [-0.25, -0.2) is 4.79 Å². The second-order valence-electron chi connectivity index (χ2n) is 15.0. The molecule has 0 spiro atoms. The number of rotatable bonds is 36. The molecule has 0 radical (unpaired) electrons. The van der Waals surface area contributed by atoms with Crippen molar-refractivity contribution in [2.75, 3.05) is 47.0 Å². The van der Waals surface area contributed by atoms with Crippen LogP contribution in [-0.2, 0) is 38.1 Å². The minimum absolute atomic E-state index is 0.0612. The predicted octanol–water partition coefficient (Wildman–Crippen LogP) is 8.94. The molecule has 0 aliphatic carbocycles. The molecule has 2 atom stereocenters. The molecule has 0 aliphatic heterocycles. The zero-order chi connectivity index (χ0) is 38.7. The fourth-order valence-electron chi connectivity index (χ4n) is 5.86. The first-order valence-electron chi connectivity index (χ1n) is 20.8. The van der Waals surface area contributed by atoms with E-state index in [9.17, 15) is 24.3 Å². The summed E-state index contributed by atoms with van der Waals surface area (Å²) in [6, 6.07) is 0. The van der Waals surface area contributed by atoms with Crippen molar-refractivity contribution in [1.82, 2.24) is 0 Å². The lowest BCUT2D eigenvalue weighted by Gasteiger charge is -2.30. The Morgan fingerprint density at radius 2 is 1.10 bits per heavy atom. The van der Waals surface area contributed by atoms with Gasteiger partial charge in [0.2, 0.25) is 0 Å². The van der Waals surface area contributed by atoms with E-state index in [2.05, 4.69) is 19.9 Å². The van der Waals surface area contributed by atoms with Crippen molar-refractivity contribution < 1.29 is 47.7 Å². The minimum atomic E-state index is -0.753. The molecule has 0 aromatic heterocycles. The molecule has 10 heteroatoms. The van der Waals surface area contributed by atoms with Crippen molar-refractivity contribution in [2.45, 2.75) is 187 Å². The molecule has 0 aromatic rings. The lowest BCUT2D eigenvalue weighted by Crippen LogP contribution is -2.47. The molecule has 0 rings (SSSR count). The van der Waals surface area contributed by atoms with Crippen LogP contribution in [0.15, 0.2) is 12.2 Å². The van der Waals surface area contributed by atoms with Gasteiger partial charge in [-0.1, -0.05) is 109 Å². The van der Waals surface area contributed by atoms with Gasteiger partial charge in [0.1, 0.15) is 19.3 Å². The highest BCUT2D eigenvalue weighted by molar-refractivity contribution is 5.71. The van der Waals surface area contributed by atoms with Gasteiger partial charge in [-0.3, -0.25) is 14.4 Å². The number of nitrogens with zero attached hydrogens (tertiary/aromatic N) is 1. The molecule has 0 fully saturated rings. The Labute approximate surface area is 317 Å². The summed E-state index contributed by atoms with van der Waals surface area (Å²) in [6.07, 6.45) is 25.7. The van der Waals surface area contributed by atoms with Gasteiger partial charge >= 0.3 is 23.9 Å². The normalized spacial score (nSPS) is 12.8. The number of hydrogen-bond donors (Lipinski definition) is 1. The maximum absolute atomic E-state index is 12.7. The van der Waals surface area contributed by atoms with E-state index in [4.69, 9.17) is 18.9 Å². The standard InChI is InChI=1S/C42H78NO9/c1-6-8-10-17-24-30-40(46)50-33-26-20-15-16-21-27-34-51-41(47)31-25-19-14-12-11-13-18-23-28-38(45)39(29-22-9-7-2)52-42(48)36-43(4,5)32-35-49-37(3)44/h18,23,38-39,45H,6-17,19-22,24-36H2,1-5H3/q+1. The minimum Gasteiger partial charge on any atom is -0.466 e. The van der Waals surface area contributed by atoms with Crippen LogP contribution in [0.5, 0.6) is 0 Å². The Bertz CT molecular complexity index is 936. The van der Waals surface area contributed by atoms with Crippen LogP contribution in [0.2, 0.25) is 0 Å². The zero-order valence-corrected chi connectivity index (χ0v) is 34.0. The van der Waals surface area contributed by atoms with Crippen LogP contribution in [0.1, 0.15) is 175 Å².